The molecule has 3 aromatic rings. The first-order chi connectivity index (χ1) is 9.89. The molecule has 1 aromatic heterocycles. The van der Waals surface area contributed by atoms with E-state index in [4.69, 9.17) is 11.6 Å². The van der Waals surface area contributed by atoms with E-state index in [1.807, 2.05) is 13.8 Å². The number of hydrogen-bond acceptors (Lipinski definition) is 2. The molecule has 0 radical (unpaired) electrons. The van der Waals surface area contributed by atoms with E-state index < -0.39 is 10.0 Å². The van der Waals surface area contributed by atoms with Gasteiger partial charge in [0.15, 0.2) is 0 Å². The zero-order chi connectivity index (χ0) is 15.2. The van der Waals surface area contributed by atoms with Gasteiger partial charge in [0.1, 0.15) is 0 Å². The van der Waals surface area contributed by atoms with E-state index in [2.05, 4.69) is 0 Å². The maximum atomic E-state index is 12.8. The second-order valence-corrected chi connectivity index (χ2v) is 7.34. The number of nitrogens with zero attached hydrogens (tertiary/aromatic N) is 1. The first-order valence-electron chi connectivity index (χ1n) is 6.49. The van der Waals surface area contributed by atoms with E-state index >= 15 is 0 Å². The van der Waals surface area contributed by atoms with Crippen molar-refractivity contribution in [3.8, 4) is 0 Å². The van der Waals surface area contributed by atoms with Crippen molar-refractivity contribution < 1.29 is 8.42 Å². The predicted molar refractivity (Wildman–Crippen MR) is 85.4 cm³/mol. The Morgan fingerprint density at radius 2 is 1.67 bits per heavy atom. The summed E-state index contributed by atoms with van der Waals surface area (Å²) in [5.41, 5.74) is 2.54. The molecular formula is C16H14ClNO2S. The van der Waals surface area contributed by atoms with Crippen LogP contribution in [0.15, 0.2) is 53.6 Å². The van der Waals surface area contributed by atoms with Crippen molar-refractivity contribution in [3.05, 3.63) is 64.8 Å². The van der Waals surface area contributed by atoms with Crippen molar-refractivity contribution in [1.29, 1.82) is 0 Å². The van der Waals surface area contributed by atoms with Crippen molar-refractivity contribution in [1.82, 2.24) is 3.97 Å². The monoisotopic (exact) mass is 319 g/mol. The van der Waals surface area contributed by atoms with Gasteiger partial charge < -0.3 is 0 Å². The van der Waals surface area contributed by atoms with Crippen molar-refractivity contribution in [2.75, 3.05) is 0 Å². The van der Waals surface area contributed by atoms with Crippen LogP contribution in [0.5, 0.6) is 0 Å². The zero-order valence-corrected chi connectivity index (χ0v) is 13.2. The van der Waals surface area contributed by atoms with Crippen LogP contribution >= 0.6 is 11.6 Å². The summed E-state index contributed by atoms with van der Waals surface area (Å²) in [6.07, 6.45) is 1.64. The Hall–Kier alpha value is -1.78. The summed E-state index contributed by atoms with van der Waals surface area (Å²) in [4.78, 5) is 0.278. The van der Waals surface area contributed by atoms with Gasteiger partial charge in [0.05, 0.1) is 10.4 Å². The van der Waals surface area contributed by atoms with Gasteiger partial charge in [0.2, 0.25) is 0 Å². The molecule has 0 unspecified atom stereocenters. The number of fused-ring (bicyclic) bond motifs is 1. The topological polar surface area (TPSA) is 39.1 Å². The van der Waals surface area contributed by atoms with E-state index in [0.29, 0.717) is 10.5 Å². The van der Waals surface area contributed by atoms with Gasteiger partial charge in [-0.3, -0.25) is 0 Å². The van der Waals surface area contributed by atoms with Gasteiger partial charge in [-0.25, -0.2) is 12.4 Å². The average molecular weight is 320 g/mol. The van der Waals surface area contributed by atoms with Crippen LogP contribution in [-0.4, -0.2) is 12.4 Å². The minimum absolute atomic E-state index is 0.278. The highest BCUT2D eigenvalue weighted by molar-refractivity contribution is 7.90. The van der Waals surface area contributed by atoms with Crippen LogP contribution in [0.2, 0.25) is 5.02 Å². The van der Waals surface area contributed by atoms with E-state index in [1.165, 1.54) is 3.97 Å². The van der Waals surface area contributed by atoms with Gasteiger partial charge in [-0.15, -0.1) is 0 Å². The third-order valence-corrected chi connectivity index (χ3v) is 5.43. The smallest absolute Gasteiger partial charge is 0.241 e. The fourth-order valence-corrected chi connectivity index (χ4v) is 3.95. The molecule has 0 atom stereocenters. The lowest BCUT2D eigenvalue weighted by Crippen LogP contribution is -2.11. The molecule has 21 heavy (non-hydrogen) atoms. The molecule has 0 spiro atoms. The van der Waals surface area contributed by atoms with E-state index in [9.17, 15) is 8.42 Å². The molecule has 2 aromatic carbocycles. The highest BCUT2D eigenvalue weighted by atomic mass is 35.5. The Kier molecular flexibility index (Phi) is 3.30. The molecule has 5 heteroatoms. The predicted octanol–water partition coefficient (Wildman–Crippen LogP) is 4.15. The fraction of sp³-hybridized carbons (Fsp3) is 0.125. The molecule has 0 fully saturated rings. The summed E-state index contributed by atoms with van der Waals surface area (Å²) in [5.74, 6) is 0. The van der Waals surface area contributed by atoms with Crippen molar-refractivity contribution in [2.24, 2.45) is 0 Å². The summed E-state index contributed by atoms with van der Waals surface area (Å²) in [7, 11) is -3.60. The molecule has 3 nitrogen and oxygen atoms in total. The largest absolute Gasteiger partial charge is 0.268 e. The quantitative estimate of drug-likeness (QED) is 0.712. The maximum Gasteiger partial charge on any atom is 0.268 e. The van der Waals surface area contributed by atoms with Crippen LogP contribution in [0.3, 0.4) is 0 Å². The zero-order valence-electron chi connectivity index (χ0n) is 11.7. The van der Waals surface area contributed by atoms with Crippen molar-refractivity contribution in [2.45, 2.75) is 18.7 Å². The number of aryl methyl sites for hydroxylation is 2. The molecular weight excluding hydrogens is 306 g/mol. The minimum atomic E-state index is -3.60. The summed E-state index contributed by atoms with van der Waals surface area (Å²) in [6.45, 7) is 3.80. The number of benzene rings is 2. The molecule has 0 aliphatic rings. The van der Waals surface area contributed by atoms with Crippen LogP contribution in [0.4, 0.5) is 0 Å². The Morgan fingerprint density at radius 1 is 1.00 bits per heavy atom. The van der Waals surface area contributed by atoms with Crippen LogP contribution in [0, 0.1) is 13.8 Å². The number of halogens is 1. The first kappa shape index (κ1) is 14.2. The Bertz CT molecular complexity index is 925. The SMILES string of the molecule is Cc1ccc(S(=O)(=O)n2cc(C)c3cc(Cl)ccc32)cc1. The molecule has 0 bridgehead atoms. The second-order valence-electron chi connectivity index (χ2n) is 5.09. The molecule has 0 N–H and O–H groups in total. The van der Waals surface area contributed by atoms with E-state index in [1.54, 1.807) is 48.7 Å². The summed E-state index contributed by atoms with van der Waals surface area (Å²) < 4.78 is 26.9. The Balaban J connectivity index is 2.26. The van der Waals surface area contributed by atoms with E-state index in [0.717, 1.165) is 16.5 Å². The Morgan fingerprint density at radius 3 is 2.33 bits per heavy atom. The lowest BCUT2D eigenvalue weighted by Gasteiger charge is -2.08. The van der Waals surface area contributed by atoms with E-state index in [-0.39, 0.29) is 4.90 Å². The molecule has 108 valence electrons. The van der Waals surface area contributed by atoms with Crippen molar-refractivity contribution in [3.63, 3.8) is 0 Å². The van der Waals surface area contributed by atoms with Gasteiger partial charge in [-0.2, -0.15) is 0 Å². The number of aromatic nitrogens is 1. The highest BCUT2D eigenvalue weighted by Gasteiger charge is 2.20. The standard InChI is InChI=1S/C16H14ClNO2S/c1-11-3-6-14(7-4-11)21(19,20)18-10-12(2)15-9-13(17)5-8-16(15)18/h3-10H,1-2H3. The van der Waals surface area contributed by atoms with Gasteiger partial charge in [0, 0.05) is 16.6 Å². The molecule has 0 saturated carbocycles. The van der Waals surface area contributed by atoms with Gasteiger partial charge >= 0.3 is 0 Å². The molecule has 0 aliphatic carbocycles. The lowest BCUT2D eigenvalue weighted by molar-refractivity contribution is 0.589. The maximum absolute atomic E-state index is 12.8. The van der Waals surface area contributed by atoms with Gasteiger partial charge in [0.25, 0.3) is 10.0 Å². The summed E-state index contributed by atoms with van der Waals surface area (Å²) in [5, 5.41) is 1.44. The van der Waals surface area contributed by atoms with Crippen molar-refractivity contribution >= 4 is 32.5 Å². The number of hydrogen-bond donors (Lipinski definition) is 0. The minimum Gasteiger partial charge on any atom is -0.241 e. The molecule has 0 amide bonds. The third kappa shape index (κ3) is 2.34. The van der Waals surface area contributed by atoms with Gasteiger partial charge in [-0.05, 0) is 49.7 Å². The molecule has 3 rings (SSSR count). The number of rotatable bonds is 2. The Labute approximate surface area is 128 Å². The highest BCUT2D eigenvalue weighted by Crippen LogP contribution is 2.27. The molecule has 0 saturated heterocycles. The van der Waals surface area contributed by atoms with Crippen LogP contribution in [0.1, 0.15) is 11.1 Å². The van der Waals surface area contributed by atoms with Crippen LogP contribution in [0.25, 0.3) is 10.9 Å². The normalized spacial score (nSPS) is 12.0. The first-order valence-corrected chi connectivity index (χ1v) is 8.31. The summed E-state index contributed by atoms with van der Waals surface area (Å²) >= 11 is 5.99. The average Bonchev–Trinajstić information content (AvgIpc) is 2.77. The van der Waals surface area contributed by atoms with Crippen LogP contribution < -0.4 is 0 Å². The fourth-order valence-electron chi connectivity index (χ4n) is 2.35. The van der Waals surface area contributed by atoms with Crippen LogP contribution in [-0.2, 0) is 10.0 Å². The summed E-state index contributed by atoms with van der Waals surface area (Å²) in [6, 6.07) is 12.1. The lowest BCUT2D eigenvalue weighted by atomic mass is 10.2. The van der Waals surface area contributed by atoms with Gasteiger partial charge in [-0.1, -0.05) is 29.3 Å². The second kappa shape index (κ2) is 4.90. The third-order valence-electron chi connectivity index (χ3n) is 3.51. The molecule has 1 heterocycles. The molecule has 0 aliphatic heterocycles.